The van der Waals surface area contributed by atoms with Gasteiger partial charge in [-0.25, -0.2) is 0 Å². The molecular formula is C15H24N2O2. The summed E-state index contributed by atoms with van der Waals surface area (Å²) in [6.45, 7) is 3.93. The Morgan fingerprint density at radius 1 is 1.32 bits per heavy atom. The second kappa shape index (κ2) is 7.36. The highest BCUT2D eigenvalue weighted by atomic mass is 16.5. The van der Waals surface area contributed by atoms with Crippen molar-refractivity contribution < 1.29 is 9.47 Å². The average molecular weight is 264 g/mol. The number of methoxy groups -OCH3 is 1. The molecule has 1 N–H and O–H groups in total. The van der Waals surface area contributed by atoms with Gasteiger partial charge >= 0.3 is 0 Å². The first-order chi connectivity index (χ1) is 9.35. The first kappa shape index (κ1) is 14.2. The first-order valence-corrected chi connectivity index (χ1v) is 6.99. The van der Waals surface area contributed by atoms with Crippen LogP contribution in [0.25, 0.3) is 0 Å². The quantitative estimate of drug-likeness (QED) is 0.813. The van der Waals surface area contributed by atoms with Crippen LogP contribution in [-0.2, 0) is 0 Å². The van der Waals surface area contributed by atoms with E-state index in [0.29, 0.717) is 12.6 Å². The van der Waals surface area contributed by atoms with E-state index in [4.69, 9.17) is 9.47 Å². The average Bonchev–Trinajstić information content (AvgIpc) is 2.87. The Kier molecular flexibility index (Phi) is 5.48. The van der Waals surface area contributed by atoms with Crippen molar-refractivity contribution >= 4 is 0 Å². The van der Waals surface area contributed by atoms with Crippen LogP contribution in [0.1, 0.15) is 12.8 Å². The van der Waals surface area contributed by atoms with E-state index < -0.39 is 0 Å². The summed E-state index contributed by atoms with van der Waals surface area (Å²) in [4.78, 5) is 2.51. The lowest BCUT2D eigenvalue weighted by atomic mass is 10.2. The Morgan fingerprint density at radius 2 is 2.11 bits per heavy atom. The van der Waals surface area contributed by atoms with Crippen LogP contribution in [0.2, 0.25) is 0 Å². The van der Waals surface area contributed by atoms with Gasteiger partial charge in [0, 0.05) is 19.1 Å². The Balaban J connectivity index is 1.79. The number of benzene rings is 1. The zero-order valence-electron chi connectivity index (χ0n) is 11.9. The normalized spacial score (nSPS) is 19.6. The maximum absolute atomic E-state index is 5.83. The SMILES string of the molecule is CNCC1CCCN1CCOc1ccccc1OC. The van der Waals surface area contributed by atoms with Crippen molar-refractivity contribution in [3.8, 4) is 11.5 Å². The molecule has 1 unspecified atom stereocenters. The number of likely N-dealkylation sites (tertiary alicyclic amines) is 1. The highest BCUT2D eigenvalue weighted by Gasteiger charge is 2.23. The van der Waals surface area contributed by atoms with Crippen molar-refractivity contribution in [2.75, 3.05) is 40.4 Å². The van der Waals surface area contributed by atoms with E-state index in [-0.39, 0.29) is 0 Å². The summed E-state index contributed by atoms with van der Waals surface area (Å²) >= 11 is 0. The van der Waals surface area contributed by atoms with Crippen molar-refractivity contribution in [1.29, 1.82) is 0 Å². The molecule has 1 aliphatic heterocycles. The molecule has 1 aromatic rings. The van der Waals surface area contributed by atoms with Gasteiger partial charge in [-0.1, -0.05) is 12.1 Å². The topological polar surface area (TPSA) is 33.7 Å². The van der Waals surface area contributed by atoms with Gasteiger partial charge in [0.05, 0.1) is 7.11 Å². The Bertz CT molecular complexity index is 384. The van der Waals surface area contributed by atoms with E-state index >= 15 is 0 Å². The van der Waals surface area contributed by atoms with Crippen LogP contribution >= 0.6 is 0 Å². The molecule has 1 heterocycles. The molecule has 0 bridgehead atoms. The fourth-order valence-electron chi connectivity index (χ4n) is 2.67. The molecule has 1 aliphatic rings. The molecule has 0 amide bonds. The third-order valence-electron chi connectivity index (χ3n) is 3.64. The van der Waals surface area contributed by atoms with Gasteiger partial charge in [-0.3, -0.25) is 4.90 Å². The van der Waals surface area contributed by atoms with Gasteiger partial charge in [-0.15, -0.1) is 0 Å². The summed E-state index contributed by atoms with van der Waals surface area (Å²) in [5.41, 5.74) is 0. The number of likely N-dealkylation sites (N-methyl/N-ethyl adjacent to an activating group) is 1. The predicted molar refractivity (Wildman–Crippen MR) is 77.0 cm³/mol. The van der Waals surface area contributed by atoms with Gasteiger partial charge in [0.15, 0.2) is 11.5 Å². The van der Waals surface area contributed by atoms with Gasteiger partial charge in [0.25, 0.3) is 0 Å². The van der Waals surface area contributed by atoms with Gasteiger partial charge in [0.2, 0.25) is 0 Å². The molecular weight excluding hydrogens is 240 g/mol. The van der Waals surface area contributed by atoms with E-state index in [2.05, 4.69) is 10.2 Å². The molecule has 0 saturated carbocycles. The van der Waals surface area contributed by atoms with Crippen LogP contribution in [0.3, 0.4) is 0 Å². The third kappa shape index (κ3) is 3.85. The number of hydrogen-bond acceptors (Lipinski definition) is 4. The van der Waals surface area contributed by atoms with E-state index in [1.807, 2.05) is 31.3 Å². The van der Waals surface area contributed by atoms with Crippen molar-refractivity contribution in [3.63, 3.8) is 0 Å². The molecule has 4 nitrogen and oxygen atoms in total. The van der Waals surface area contributed by atoms with Gasteiger partial charge in [0.1, 0.15) is 6.61 Å². The molecule has 0 aliphatic carbocycles. The summed E-state index contributed by atoms with van der Waals surface area (Å²) < 4.78 is 11.1. The van der Waals surface area contributed by atoms with E-state index in [1.54, 1.807) is 7.11 Å². The zero-order valence-corrected chi connectivity index (χ0v) is 11.9. The summed E-state index contributed by atoms with van der Waals surface area (Å²) in [6.07, 6.45) is 2.58. The van der Waals surface area contributed by atoms with Crippen LogP contribution in [-0.4, -0.2) is 51.3 Å². The standard InChI is InChI=1S/C15H24N2O2/c1-16-12-13-6-5-9-17(13)10-11-19-15-8-4-3-7-14(15)18-2/h3-4,7-8,13,16H,5-6,9-12H2,1-2H3. The molecule has 0 aromatic heterocycles. The third-order valence-corrected chi connectivity index (χ3v) is 3.64. The highest BCUT2D eigenvalue weighted by molar-refractivity contribution is 5.39. The fraction of sp³-hybridized carbons (Fsp3) is 0.600. The Morgan fingerprint density at radius 3 is 2.84 bits per heavy atom. The van der Waals surface area contributed by atoms with E-state index in [9.17, 15) is 0 Å². The minimum atomic E-state index is 0.659. The minimum absolute atomic E-state index is 0.659. The lowest BCUT2D eigenvalue weighted by Crippen LogP contribution is -2.39. The largest absolute Gasteiger partial charge is 0.493 e. The van der Waals surface area contributed by atoms with Crippen LogP contribution < -0.4 is 14.8 Å². The number of nitrogens with one attached hydrogen (secondary N) is 1. The second-order valence-corrected chi connectivity index (χ2v) is 4.89. The number of ether oxygens (including phenoxy) is 2. The summed E-state index contributed by atoms with van der Waals surface area (Å²) in [5.74, 6) is 1.63. The molecule has 1 atom stereocenters. The Hall–Kier alpha value is -1.26. The first-order valence-electron chi connectivity index (χ1n) is 6.99. The minimum Gasteiger partial charge on any atom is -0.493 e. The number of rotatable bonds is 7. The van der Waals surface area contributed by atoms with Crippen LogP contribution in [0.4, 0.5) is 0 Å². The highest BCUT2D eigenvalue weighted by Crippen LogP contribution is 2.25. The molecule has 0 radical (unpaired) electrons. The number of para-hydroxylation sites is 2. The van der Waals surface area contributed by atoms with E-state index in [1.165, 1.54) is 19.4 Å². The zero-order chi connectivity index (χ0) is 13.5. The number of hydrogen-bond donors (Lipinski definition) is 1. The molecule has 1 fully saturated rings. The monoisotopic (exact) mass is 264 g/mol. The van der Waals surface area contributed by atoms with Gasteiger partial charge < -0.3 is 14.8 Å². The van der Waals surface area contributed by atoms with Crippen molar-refractivity contribution in [2.45, 2.75) is 18.9 Å². The molecule has 19 heavy (non-hydrogen) atoms. The van der Waals surface area contributed by atoms with Crippen molar-refractivity contribution in [1.82, 2.24) is 10.2 Å². The number of nitrogens with zero attached hydrogens (tertiary/aromatic N) is 1. The lowest BCUT2D eigenvalue weighted by molar-refractivity contribution is 0.192. The molecule has 106 valence electrons. The summed E-state index contributed by atoms with van der Waals surface area (Å²) in [6, 6.07) is 8.46. The molecule has 1 saturated heterocycles. The van der Waals surface area contributed by atoms with E-state index in [0.717, 1.165) is 24.6 Å². The maximum atomic E-state index is 5.83. The van der Waals surface area contributed by atoms with Gasteiger partial charge in [-0.05, 0) is 38.6 Å². The predicted octanol–water partition coefficient (Wildman–Crippen LogP) is 1.76. The Labute approximate surface area is 115 Å². The lowest BCUT2D eigenvalue weighted by Gasteiger charge is -2.24. The molecule has 2 rings (SSSR count). The van der Waals surface area contributed by atoms with Crippen molar-refractivity contribution in [2.24, 2.45) is 0 Å². The molecule has 4 heteroatoms. The molecule has 1 aromatic carbocycles. The summed E-state index contributed by atoms with van der Waals surface area (Å²) in [7, 11) is 3.69. The van der Waals surface area contributed by atoms with Crippen LogP contribution in [0.15, 0.2) is 24.3 Å². The summed E-state index contributed by atoms with van der Waals surface area (Å²) in [5, 5.41) is 3.26. The molecule has 0 spiro atoms. The second-order valence-electron chi connectivity index (χ2n) is 4.89. The van der Waals surface area contributed by atoms with Crippen molar-refractivity contribution in [3.05, 3.63) is 24.3 Å². The maximum Gasteiger partial charge on any atom is 0.161 e. The van der Waals surface area contributed by atoms with Crippen LogP contribution in [0.5, 0.6) is 11.5 Å². The smallest absolute Gasteiger partial charge is 0.161 e. The van der Waals surface area contributed by atoms with Gasteiger partial charge in [-0.2, -0.15) is 0 Å². The van der Waals surface area contributed by atoms with Crippen LogP contribution in [0, 0.1) is 0 Å². The fourth-order valence-corrected chi connectivity index (χ4v) is 2.67.